The van der Waals surface area contributed by atoms with Crippen LogP contribution in [-0.4, -0.2) is 30.1 Å². The van der Waals surface area contributed by atoms with Gasteiger partial charge in [0.2, 0.25) is 0 Å². The molecule has 2 nitrogen and oxygen atoms in total. The summed E-state index contributed by atoms with van der Waals surface area (Å²) in [4.78, 5) is 4.17. The van der Waals surface area contributed by atoms with E-state index in [4.69, 9.17) is 0 Å². The Bertz CT molecular complexity index is 349. The average molecular weight is 266 g/mol. The molecule has 1 aromatic heterocycles. The number of hydrogen-bond acceptors (Lipinski definition) is 3. The maximum absolute atomic E-state index is 3.63. The van der Waals surface area contributed by atoms with E-state index in [2.05, 4.69) is 55.4 Å². The van der Waals surface area contributed by atoms with E-state index in [9.17, 15) is 0 Å². The SMILES string of the molecule is CCNC1CCN(C(C)c2cccs2)C(C)C1C. The quantitative estimate of drug-likeness (QED) is 0.897. The van der Waals surface area contributed by atoms with Crippen molar-refractivity contribution in [2.45, 2.75) is 52.2 Å². The van der Waals surface area contributed by atoms with Gasteiger partial charge in [-0.1, -0.05) is 19.9 Å². The second-order valence-electron chi connectivity index (χ2n) is 5.48. The normalized spacial score (nSPS) is 31.4. The molecular formula is C15H26N2S. The summed E-state index contributed by atoms with van der Waals surface area (Å²) >= 11 is 1.88. The number of piperidine rings is 1. The second-order valence-corrected chi connectivity index (χ2v) is 6.46. The van der Waals surface area contributed by atoms with E-state index in [0.717, 1.165) is 12.5 Å². The molecule has 1 aliphatic rings. The van der Waals surface area contributed by atoms with Gasteiger partial charge in [-0.25, -0.2) is 0 Å². The van der Waals surface area contributed by atoms with E-state index in [-0.39, 0.29) is 0 Å². The van der Waals surface area contributed by atoms with E-state index in [1.165, 1.54) is 17.8 Å². The Morgan fingerprint density at radius 1 is 1.50 bits per heavy atom. The Labute approximate surface area is 115 Å². The molecular weight excluding hydrogens is 240 g/mol. The highest BCUT2D eigenvalue weighted by atomic mass is 32.1. The third-order valence-corrected chi connectivity index (χ3v) is 5.58. The standard InChI is InChI=1S/C15H26N2S/c1-5-16-14-8-9-17(12(3)11(14)2)13(4)15-7-6-10-18-15/h6-7,10-14,16H,5,8-9H2,1-4H3. The van der Waals surface area contributed by atoms with Gasteiger partial charge in [-0.3, -0.25) is 4.90 Å². The molecule has 3 heteroatoms. The van der Waals surface area contributed by atoms with Gasteiger partial charge in [0, 0.05) is 29.5 Å². The Kier molecular flexibility index (Phi) is 4.82. The van der Waals surface area contributed by atoms with E-state index >= 15 is 0 Å². The molecule has 2 rings (SSSR count). The topological polar surface area (TPSA) is 15.3 Å². The minimum atomic E-state index is 0.560. The number of likely N-dealkylation sites (tertiary alicyclic amines) is 1. The van der Waals surface area contributed by atoms with E-state index in [1.54, 1.807) is 0 Å². The summed E-state index contributed by atoms with van der Waals surface area (Å²) in [5.41, 5.74) is 0. The fourth-order valence-corrected chi connectivity index (χ4v) is 3.99. The monoisotopic (exact) mass is 266 g/mol. The highest BCUT2D eigenvalue weighted by Crippen LogP contribution is 2.33. The molecule has 18 heavy (non-hydrogen) atoms. The molecule has 102 valence electrons. The summed E-state index contributed by atoms with van der Waals surface area (Å²) in [6.45, 7) is 11.6. The van der Waals surface area contributed by atoms with Gasteiger partial charge in [-0.05, 0) is 44.2 Å². The van der Waals surface area contributed by atoms with Gasteiger partial charge in [-0.2, -0.15) is 0 Å². The van der Waals surface area contributed by atoms with Crippen molar-refractivity contribution in [1.29, 1.82) is 0 Å². The van der Waals surface area contributed by atoms with Gasteiger partial charge < -0.3 is 5.32 Å². The first-order chi connectivity index (χ1) is 8.65. The van der Waals surface area contributed by atoms with Crippen molar-refractivity contribution in [3.05, 3.63) is 22.4 Å². The zero-order valence-electron chi connectivity index (χ0n) is 12.0. The van der Waals surface area contributed by atoms with Crippen molar-refractivity contribution in [3.8, 4) is 0 Å². The third-order valence-electron chi connectivity index (χ3n) is 4.54. The second kappa shape index (κ2) is 6.18. The van der Waals surface area contributed by atoms with Crippen LogP contribution < -0.4 is 5.32 Å². The lowest BCUT2D eigenvalue weighted by Gasteiger charge is -2.45. The number of nitrogens with one attached hydrogen (secondary N) is 1. The van der Waals surface area contributed by atoms with Crippen molar-refractivity contribution in [3.63, 3.8) is 0 Å². The molecule has 1 aromatic rings. The Balaban J connectivity index is 2.03. The van der Waals surface area contributed by atoms with Crippen LogP contribution in [0.25, 0.3) is 0 Å². The Hall–Kier alpha value is -0.380. The molecule has 0 aliphatic carbocycles. The van der Waals surface area contributed by atoms with Crippen LogP contribution in [0, 0.1) is 5.92 Å². The van der Waals surface area contributed by atoms with Crippen LogP contribution >= 0.6 is 11.3 Å². The van der Waals surface area contributed by atoms with Crippen molar-refractivity contribution in [1.82, 2.24) is 10.2 Å². The van der Waals surface area contributed by atoms with Crippen LogP contribution in [-0.2, 0) is 0 Å². The first-order valence-electron chi connectivity index (χ1n) is 7.17. The van der Waals surface area contributed by atoms with Crippen LogP contribution in [0.2, 0.25) is 0 Å². The zero-order chi connectivity index (χ0) is 13.1. The third kappa shape index (κ3) is 2.79. The van der Waals surface area contributed by atoms with Crippen LogP contribution in [0.5, 0.6) is 0 Å². The van der Waals surface area contributed by atoms with Gasteiger partial charge >= 0.3 is 0 Å². The Morgan fingerprint density at radius 3 is 2.89 bits per heavy atom. The summed E-state index contributed by atoms with van der Waals surface area (Å²) in [5.74, 6) is 0.723. The fraction of sp³-hybridized carbons (Fsp3) is 0.733. The van der Waals surface area contributed by atoms with Crippen LogP contribution in [0.15, 0.2) is 17.5 Å². The summed E-state index contributed by atoms with van der Waals surface area (Å²) in [5, 5.41) is 5.82. The summed E-state index contributed by atoms with van der Waals surface area (Å²) in [7, 11) is 0. The Morgan fingerprint density at radius 2 is 2.28 bits per heavy atom. The molecule has 0 aromatic carbocycles. The summed E-state index contributed by atoms with van der Waals surface area (Å²) < 4.78 is 0. The van der Waals surface area contributed by atoms with Crippen molar-refractivity contribution >= 4 is 11.3 Å². The number of nitrogens with zero attached hydrogens (tertiary/aromatic N) is 1. The molecule has 0 radical (unpaired) electrons. The van der Waals surface area contributed by atoms with Crippen LogP contribution in [0.1, 0.15) is 45.0 Å². The smallest absolute Gasteiger partial charge is 0.0416 e. The minimum Gasteiger partial charge on any atom is -0.314 e. The molecule has 1 aliphatic heterocycles. The molecule has 0 bridgehead atoms. The maximum Gasteiger partial charge on any atom is 0.0416 e. The predicted molar refractivity (Wildman–Crippen MR) is 80.1 cm³/mol. The van der Waals surface area contributed by atoms with Gasteiger partial charge in [0.25, 0.3) is 0 Å². The number of rotatable bonds is 4. The maximum atomic E-state index is 3.63. The van der Waals surface area contributed by atoms with E-state index in [1.807, 2.05) is 11.3 Å². The van der Waals surface area contributed by atoms with Gasteiger partial charge in [0.1, 0.15) is 0 Å². The number of thiophene rings is 1. The molecule has 1 N–H and O–H groups in total. The first kappa shape index (κ1) is 14.0. The lowest BCUT2D eigenvalue weighted by atomic mass is 9.86. The van der Waals surface area contributed by atoms with Gasteiger partial charge in [0.05, 0.1) is 0 Å². The molecule has 1 saturated heterocycles. The minimum absolute atomic E-state index is 0.560. The van der Waals surface area contributed by atoms with Crippen molar-refractivity contribution in [2.24, 2.45) is 5.92 Å². The lowest BCUT2D eigenvalue weighted by Crippen LogP contribution is -2.53. The van der Waals surface area contributed by atoms with Crippen LogP contribution in [0.3, 0.4) is 0 Å². The van der Waals surface area contributed by atoms with E-state index < -0.39 is 0 Å². The number of hydrogen-bond donors (Lipinski definition) is 1. The van der Waals surface area contributed by atoms with Gasteiger partial charge in [-0.15, -0.1) is 11.3 Å². The molecule has 0 saturated carbocycles. The summed E-state index contributed by atoms with van der Waals surface area (Å²) in [6, 6.07) is 6.33. The molecule has 4 unspecified atom stereocenters. The highest BCUT2D eigenvalue weighted by molar-refractivity contribution is 7.10. The van der Waals surface area contributed by atoms with E-state index in [0.29, 0.717) is 18.1 Å². The van der Waals surface area contributed by atoms with Crippen molar-refractivity contribution < 1.29 is 0 Å². The van der Waals surface area contributed by atoms with Crippen LogP contribution in [0.4, 0.5) is 0 Å². The fourth-order valence-electron chi connectivity index (χ4n) is 3.18. The summed E-state index contributed by atoms with van der Waals surface area (Å²) in [6.07, 6.45) is 1.27. The zero-order valence-corrected chi connectivity index (χ0v) is 12.8. The molecule has 2 heterocycles. The van der Waals surface area contributed by atoms with Gasteiger partial charge in [0.15, 0.2) is 0 Å². The molecule has 0 spiro atoms. The largest absolute Gasteiger partial charge is 0.314 e. The molecule has 0 amide bonds. The highest BCUT2D eigenvalue weighted by Gasteiger charge is 2.34. The molecule has 1 fully saturated rings. The lowest BCUT2D eigenvalue weighted by molar-refractivity contribution is 0.0541. The van der Waals surface area contributed by atoms with Crippen molar-refractivity contribution in [2.75, 3.05) is 13.1 Å². The first-order valence-corrected chi connectivity index (χ1v) is 8.05. The predicted octanol–water partition coefficient (Wildman–Crippen LogP) is 3.52. The average Bonchev–Trinajstić information content (AvgIpc) is 2.88. The molecule has 4 atom stereocenters.